The van der Waals surface area contributed by atoms with Gasteiger partial charge in [-0.1, -0.05) is 19.1 Å². The monoisotopic (exact) mass is 287 g/mol. The number of aryl methyl sites for hydroxylation is 2. The summed E-state index contributed by atoms with van der Waals surface area (Å²) in [7, 11) is 2.08. The molecule has 3 nitrogen and oxygen atoms in total. The molecule has 2 N–H and O–H groups in total. The van der Waals surface area contributed by atoms with Crippen LogP contribution in [0.5, 0.6) is 0 Å². The Kier molecular flexibility index (Phi) is 3.76. The van der Waals surface area contributed by atoms with Crippen LogP contribution in [0.1, 0.15) is 41.9 Å². The van der Waals surface area contributed by atoms with E-state index in [0.29, 0.717) is 0 Å². The largest absolute Gasteiger partial charge is 0.323 e. The van der Waals surface area contributed by atoms with Crippen LogP contribution in [0, 0.1) is 0 Å². The van der Waals surface area contributed by atoms with Gasteiger partial charge in [0.1, 0.15) is 0 Å². The van der Waals surface area contributed by atoms with E-state index in [9.17, 15) is 0 Å². The molecule has 0 spiro atoms. The summed E-state index contributed by atoms with van der Waals surface area (Å²) in [5, 5.41) is 1.05. The van der Waals surface area contributed by atoms with Crippen molar-refractivity contribution in [3.05, 3.63) is 40.4 Å². The molecular weight excluding hydrogens is 266 g/mol. The number of rotatable bonds is 3. The molecule has 1 aromatic carbocycles. The van der Waals surface area contributed by atoms with Crippen molar-refractivity contribution in [2.75, 3.05) is 11.9 Å². The minimum Gasteiger partial charge on any atom is -0.323 e. The molecule has 0 saturated carbocycles. The van der Waals surface area contributed by atoms with Gasteiger partial charge in [-0.15, -0.1) is 11.3 Å². The van der Waals surface area contributed by atoms with Crippen LogP contribution in [-0.2, 0) is 12.8 Å². The van der Waals surface area contributed by atoms with Gasteiger partial charge in [0.2, 0.25) is 0 Å². The van der Waals surface area contributed by atoms with Gasteiger partial charge in [-0.2, -0.15) is 0 Å². The van der Waals surface area contributed by atoms with Crippen LogP contribution in [0.4, 0.5) is 10.8 Å². The number of anilines is 2. The van der Waals surface area contributed by atoms with Crippen molar-refractivity contribution in [3.63, 3.8) is 0 Å². The first kappa shape index (κ1) is 13.6. The topological polar surface area (TPSA) is 42.2 Å². The Morgan fingerprint density at radius 1 is 1.35 bits per heavy atom. The third-order valence-electron chi connectivity index (χ3n) is 4.01. The molecular formula is C16H21N3S. The van der Waals surface area contributed by atoms with E-state index >= 15 is 0 Å². The zero-order valence-corrected chi connectivity index (χ0v) is 12.9. The molecule has 1 atom stereocenters. The van der Waals surface area contributed by atoms with Crippen molar-refractivity contribution < 1.29 is 0 Å². The van der Waals surface area contributed by atoms with E-state index in [1.165, 1.54) is 22.5 Å². The van der Waals surface area contributed by atoms with Gasteiger partial charge in [0.05, 0.1) is 5.69 Å². The lowest BCUT2D eigenvalue weighted by Crippen LogP contribution is -2.17. The zero-order valence-electron chi connectivity index (χ0n) is 12.1. The predicted octanol–water partition coefficient (Wildman–Crippen LogP) is 3.81. The summed E-state index contributed by atoms with van der Waals surface area (Å²) >= 11 is 1.79. The second kappa shape index (κ2) is 5.54. The summed E-state index contributed by atoms with van der Waals surface area (Å²) in [6.07, 6.45) is 4.45. The second-order valence-corrected chi connectivity index (χ2v) is 6.44. The fraction of sp³-hybridized carbons (Fsp3) is 0.438. The van der Waals surface area contributed by atoms with Gasteiger partial charge in [0.15, 0.2) is 5.13 Å². The van der Waals surface area contributed by atoms with E-state index in [4.69, 9.17) is 10.7 Å². The SMILES string of the molecule is CCc1ccc(N(C)c2nc3c(s2)CCCC3N)cc1. The lowest BCUT2D eigenvalue weighted by Gasteiger charge is -2.16. The second-order valence-electron chi connectivity index (χ2n) is 5.38. The van der Waals surface area contributed by atoms with Crippen molar-refractivity contribution in [2.45, 2.75) is 38.6 Å². The third-order valence-corrected chi connectivity index (χ3v) is 5.21. The summed E-state index contributed by atoms with van der Waals surface area (Å²) in [5.74, 6) is 0. The van der Waals surface area contributed by atoms with Crippen molar-refractivity contribution in [2.24, 2.45) is 5.73 Å². The van der Waals surface area contributed by atoms with Crippen LogP contribution >= 0.6 is 11.3 Å². The normalized spacial score (nSPS) is 17.9. The van der Waals surface area contributed by atoms with Crippen molar-refractivity contribution >= 4 is 22.2 Å². The van der Waals surface area contributed by atoms with Crippen LogP contribution < -0.4 is 10.6 Å². The number of nitrogens with two attached hydrogens (primary N) is 1. The van der Waals surface area contributed by atoms with Crippen LogP contribution in [0.2, 0.25) is 0 Å². The van der Waals surface area contributed by atoms with Gasteiger partial charge in [-0.05, 0) is 43.4 Å². The summed E-state index contributed by atoms with van der Waals surface area (Å²) < 4.78 is 0. The van der Waals surface area contributed by atoms with E-state index in [0.717, 1.165) is 30.1 Å². The van der Waals surface area contributed by atoms with Crippen LogP contribution in [-0.4, -0.2) is 12.0 Å². The van der Waals surface area contributed by atoms with Crippen LogP contribution in [0.15, 0.2) is 24.3 Å². The Balaban J connectivity index is 1.88. The number of aromatic nitrogens is 1. The third kappa shape index (κ3) is 2.45. The maximum absolute atomic E-state index is 6.16. The Morgan fingerprint density at radius 3 is 2.75 bits per heavy atom. The molecule has 0 radical (unpaired) electrons. The number of nitrogens with zero attached hydrogens (tertiary/aromatic N) is 2. The molecule has 0 aliphatic heterocycles. The first-order chi connectivity index (χ1) is 9.69. The molecule has 0 saturated heterocycles. The standard InChI is InChI=1S/C16H21N3S/c1-3-11-7-9-12(10-8-11)19(2)16-18-15-13(17)5-4-6-14(15)20-16/h7-10,13H,3-6,17H2,1-2H3. The highest BCUT2D eigenvalue weighted by molar-refractivity contribution is 7.15. The van der Waals surface area contributed by atoms with Crippen molar-refractivity contribution in [1.29, 1.82) is 0 Å². The summed E-state index contributed by atoms with van der Waals surface area (Å²) in [5.41, 5.74) is 9.83. The quantitative estimate of drug-likeness (QED) is 0.933. The highest BCUT2D eigenvalue weighted by atomic mass is 32.1. The molecule has 0 amide bonds. The van der Waals surface area contributed by atoms with E-state index in [1.807, 2.05) is 0 Å². The number of hydrogen-bond donors (Lipinski definition) is 1. The highest BCUT2D eigenvalue weighted by Crippen LogP contribution is 2.37. The summed E-state index contributed by atoms with van der Waals surface area (Å²) in [4.78, 5) is 8.30. The van der Waals surface area contributed by atoms with Gasteiger partial charge >= 0.3 is 0 Å². The first-order valence-corrected chi connectivity index (χ1v) is 8.08. The smallest absolute Gasteiger partial charge is 0.190 e. The molecule has 1 aliphatic carbocycles. The van der Waals surface area contributed by atoms with Gasteiger partial charge in [-0.25, -0.2) is 4.98 Å². The van der Waals surface area contributed by atoms with E-state index < -0.39 is 0 Å². The minimum atomic E-state index is 0.125. The molecule has 2 aromatic rings. The predicted molar refractivity (Wildman–Crippen MR) is 85.9 cm³/mol. The lowest BCUT2D eigenvalue weighted by molar-refractivity contribution is 0.564. The van der Waals surface area contributed by atoms with E-state index in [-0.39, 0.29) is 6.04 Å². The van der Waals surface area contributed by atoms with Crippen molar-refractivity contribution in [3.8, 4) is 0 Å². The molecule has 106 valence electrons. The molecule has 3 rings (SSSR count). The van der Waals surface area contributed by atoms with Gasteiger partial charge in [-0.3, -0.25) is 0 Å². The van der Waals surface area contributed by atoms with Crippen LogP contribution in [0.25, 0.3) is 0 Å². The Bertz CT molecular complexity index is 588. The molecule has 1 aromatic heterocycles. The van der Waals surface area contributed by atoms with Gasteiger partial charge < -0.3 is 10.6 Å². The van der Waals surface area contributed by atoms with Gasteiger partial charge in [0, 0.05) is 23.7 Å². The average Bonchev–Trinajstić information content (AvgIpc) is 2.92. The number of benzene rings is 1. The van der Waals surface area contributed by atoms with Gasteiger partial charge in [0.25, 0.3) is 0 Å². The molecule has 1 heterocycles. The summed E-state index contributed by atoms with van der Waals surface area (Å²) in [6, 6.07) is 8.83. The van der Waals surface area contributed by atoms with E-state index in [1.54, 1.807) is 11.3 Å². The Morgan fingerprint density at radius 2 is 2.10 bits per heavy atom. The minimum absolute atomic E-state index is 0.125. The number of hydrogen-bond acceptors (Lipinski definition) is 4. The van der Waals surface area contributed by atoms with E-state index in [2.05, 4.69) is 43.1 Å². The maximum atomic E-state index is 6.16. The van der Waals surface area contributed by atoms with Crippen molar-refractivity contribution in [1.82, 2.24) is 4.98 Å². The zero-order chi connectivity index (χ0) is 14.1. The Hall–Kier alpha value is -1.39. The lowest BCUT2D eigenvalue weighted by atomic mass is 9.99. The molecule has 1 unspecified atom stereocenters. The molecule has 0 bridgehead atoms. The highest BCUT2D eigenvalue weighted by Gasteiger charge is 2.23. The fourth-order valence-electron chi connectivity index (χ4n) is 2.65. The maximum Gasteiger partial charge on any atom is 0.190 e. The summed E-state index contributed by atoms with van der Waals surface area (Å²) in [6.45, 7) is 2.18. The molecule has 0 fully saturated rings. The number of fused-ring (bicyclic) bond motifs is 1. The molecule has 1 aliphatic rings. The molecule has 20 heavy (non-hydrogen) atoms. The number of thiazole rings is 1. The average molecular weight is 287 g/mol. The van der Waals surface area contributed by atoms with Crippen LogP contribution in [0.3, 0.4) is 0 Å². The molecule has 4 heteroatoms. The first-order valence-electron chi connectivity index (χ1n) is 7.27. The Labute approximate surface area is 124 Å². The fourth-order valence-corrected chi connectivity index (χ4v) is 3.80.